The van der Waals surface area contributed by atoms with Gasteiger partial charge in [-0.15, -0.1) is 0 Å². The van der Waals surface area contributed by atoms with Crippen molar-refractivity contribution in [1.82, 2.24) is 5.32 Å². The molecule has 0 spiro atoms. The maximum atomic E-state index is 3.56. The first-order chi connectivity index (χ1) is 6.95. The second-order valence-corrected chi connectivity index (χ2v) is 4.62. The fourth-order valence-electron chi connectivity index (χ4n) is 3.09. The zero-order valence-electron chi connectivity index (χ0n) is 8.50. The number of benzene rings is 1. The van der Waals surface area contributed by atoms with E-state index in [0.29, 0.717) is 0 Å². The van der Waals surface area contributed by atoms with Gasteiger partial charge in [0.1, 0.15) is 0 Å². The van der Waals surface area contributed by atoms with E-state index in [1.165, 1.54) is 32.4 Å². The molecule has 0 saturated carbocycles. The molecule has 1 heteroatoms. The van der Waals surface area contributed by atoms with E-state index in [1.807, 2.05) is 0 Å². The highest BCUT2D eigenvalue weighted by molar-refractivity contribution is 5.36. The number of fused-ring (bicyclic) bond motifs is 3. The Hall–Kier alpha value is -0.820. The molecule has 3 rings (SSSR count). The fraction of sp³-hybridized carbons (Fsp3) is 0.538. The normalized spacial score (nSPS) is 30.6. The monoisotopic (exact) mass is 187 g/mol. The molecule has 1 saturated heterocycles. The third kappa shape index (κ3) is 1.27. The summed E-state index contributed by atoms with van der Waals surface area (Å²) >= 11 is 0. The molecule has 1 nitrogen and oxygen atoms in total. The molecule has 0 amide bonds. The molecule has 1 heterocycles. The lowest BCUT2D eigenvalue weighted by Gasteiger charge is -2.16. The molecule has 1 aromatic carbocycles. The molecule has 0 aromatic heterocycles. The number of nitrogens with one attached hydrogen (secondary N) is 1. The lowest BCUT2D eigenvalue weighted by atomic mass is 9.90. The highest BCUT2D eigenvalue weighted by Crippen LogP contribution is 2.40. The van der Waals surface area contributed by atoms with Crippen molar-refractivity contribution in [3.63, 3.8) is 0 Å². The van der Waals surface area contributed by atoms with Gasteiger partial charge in [-0.3, -0.25) is 0 Å². The van der Waals surface area contributed by atoms with Crippen LogP contribution in [0, 0.1) is 5.92 Å². The molecule has 2 atom stereocenters. The van der Waals surface area contributed by atoms with Gasteiger partial charge in [-0.05, 0) is 48.8 Å². The van der Waals surface area contributed by atoms with E-state index in [1.54, 1.807) is 11.1 Å². The predicted molar refractivity (Wildman–Crippen MR) is 58.5 cm³/mol. The summed E-state index contributed by atoms with van der Waals surface area (Å²) in [5.74, 6) is 1.72. The third-order valence-electron chi connectivity index (χ3n) is 3.80. The van der Waals surface area contributed by atoms with E-state index >= 15 is 0 Å². The Balaban J connectivity index is 1.96. The van der Waals surface area contributed by atoms with Crippen molar-refractivity contribution in [3.8, 4) is 0 Å². The van der Waals surface area contributed by atoms with Gasteiger partial charge in [0.15, 0.2) is 0 Å². The van der Waals surface area contributed by atoms with Crippen LogP contribution < -0.4 is 5.32 Å². The second-order valence-electron chi connectivity index (χ2n) is 4.62. The van der Waals surface area contributed by atoms with Crippen molar-refractivity contribution >= 4 is 0 Å². The van der Waals surface area contributed by atoms with Crippen LogP contribution in [0.3, 0.4) is 0 Å². The highest BCUT2D eigenvalue weighted by atomic mass is 14.9. The van der Waals surface area contributed by atoms with Crippen molar-refractivity contribution in [3.05, 3.63) is 35.4 Å². The topological polar surface area (TPSA) is 12.0 Å². The van der Waals surface area contributed by atoms with Gasteiger partial charge in [0, 0.05) is 6.54 Å². The van der Waals surface area contributed by atoms with Gasteiger partial charge in [0.05, 0.1) is 0 Å². The zero-order chi connectivity index (χ0) is 9.38. The summed E-state index contributed by atoms with van der Waals surface area (Å²) in [5, 5.41) is 3.56. The molecular formula is C13H17N. The first-order valence-electron chi connectivity index (χ1n) is 5.73. The molecule has 74 valence electrons. The number of hydrogen-bond donors (Lipinski definition) is 1. The standard InChI is InChI=1S/C13H17N/c1-2-6-12-10(4-1)8-11-5-3-7-14-9-13(11)12/h1-2,4,6,11,13-14H,3,5,7-9H2/t11-,13-/m0/s1. The SMILES string of the molecule is c1ccc2c(c1)C[C@@H]1CCCNC[C@H]21. The maximum Gasteiger partial charge on any atom is 0.00230 e. The summed E-state index contributed by atoms with van der Waals surface area (Å²) in [5.41, 5.74) is 3.22. The lowest BCUT2D eigenvalue weighted by Crippen LogP contribution is -2.20. The average Bonchev–Trinajstić information content (AvgIpc) is 2.42. The largest absolute Gasteiger partial charge is 0.316 e. The molecule has 0 bridgehead atoms. The Morgan fingerprint density at radius 2 is 2.14 bits per heavy atom. The van der Waals surface area contributed by atoms with Crippen molar-refractivity contribution in [2.75, 3.05) is 13.1 Å². The van der Waals surface area contributed by atoms with E-state index in [0.717, 1.165) is 11.8 Å². The quantitative estimate of drug-likeness (QED) is 0.657. The molecule has 1 N–H and O–H groups in total. The smallest absolute Gasteiger partial charge is 0.00230 e. The Labute approximate surface area is 85.5 Å². The van der Waals surface area contributed by atoms with Gasteiger partial charge in [-0.1, -0.05) is 24.3 Å². The summed E-state index contributed by atoms with van der Waals surface area (Å²) in [6.07, 6.45) is 4.09. The summed E-state index contributed by atoms with van der Waals surface area (Å²) in [6, 6.07) is 9.00. The van der Waals surface area contributed by atoms with E-state index in [2.05, 4.69) is 29.6 Å². The summed E-state index contributed by atoms with van der Waals surface area (Å²) in [4.78, 5) is 0. The summed E-state index contributed by atoms with van der Waals surface area (Å²) in [7, 11) is 0. The van der Waals surface area contributed by atoms with E-state index < -0.39 is 0 Å². The molecule has 1 aliphatic carbocycles. The number of hydrogen-bond acceptors (Lipinski definition) is 1. The lowest BCUT2D eigenvalue weighted by molar-refractivity contribution is 0.446. The van der Waals surface area contributed by atoms with Crippen LogP contribution in [0.1, 0.15) is 29.9 Å². The number of rotatable bonds is 0. The molecule has 0 unspecified atom stereocenters. The van der Waals surface area contributed by atoms with Crippen LogP contribution in [-0.4, -0.2) is 13.1 Å². The minimum absolute atomic E-state index is 0.800. The van der Waals surface area contributed by atoms with Crippen LogP contribution in [0.4, 0.5) is 0 Å². The molecule has 1 aromatic rings. The van der Waals surface area contributed by atoms with E-state index in [4.69, 9.17) is 0 Å². The summed E-state index contributed by atoms with van der Waals surface area (Å²) in [6.45, 7) is 2.41. The summed E-state index contributed by atoms with van der Waals surface area (Å²) < 4.78 is 0. The van der Waals surface area contributed by atoms with Gasteiger partial charge in [0.2, 0.25) is 0 Å². The van der Waals surface area contributed by atoms with Crippen LogP contribution in [0.25, 0.3) is 0 Å². The Morgan fingerprint density at radius 3 is 3.14 bits per heavy atom. The predicted octanol–water partition coefficient (Wildman–Crippen LogP) is 2.33. The molecule has 2 aliphatic rings. The maximum absolute atomic E-state index is 3.56. The van der Waals surface area contributed by atoms with Crippen LogP contribution in [0.15, 0.2) is 24.3 Å². The Morgan fingerprint density at radius 1 is 1.21 bits per heavy atom. The third-order valence-corrected chi connectivity index (χ3v) is 3.80. The molecule has 0 radical (unpaired) electrons. The van der Waals surface area contributed by atoms with Gasteiger partial charge in [-0.2, -0.15) is 0 Å². The minimum Gasteiger partial charge on any atom is -0.316 e. The molecule has 14 heavy (non-hydrogen) atoms. The van der Waals surface area contributed by atoms with Crippen LogP contribution >= 0.6 is 0 Å². The van der Waals surface area contributed by atoms with Gasteiger partial charge in [-0.25, -0.2) is 0 Å². The highest BCUT2D eigenvalue weighted by Gasteiger charge is 2.32. The molecule has 1 fully saturated rings. The molecule has 1 aliphatic heterocycles. The van der Waals surface area contributed by atoms with Crippen molar-refractivity contribution < 1.29 is 0 Å². The van der Waals surface area contributed by atoms with E-state index in [9.17, 15) is 0 Å². The zero-order valence-corrected chi connectivity index (χ0v) is 8.50. The van der Waals surface area contributed by atoms with Crippen LogP contribution in [-0.2, 0) is 6.42 Å². The van der Waals surface area contributed by atoms with Gasteiger partial charge < -0.3 is 5.32 Å². The van der Waals surface area contributed by atoms with Gasteiger partial charge >= 0.3 is 0 Å². The Bertz CT molecular complexity index is 332. The first-order valence-corrected chi connectivity index (χ1v) is 5.73. The van der Waals surface area contributed by atoms with Crippen LogP contribution in [0.5, 0.6) is 0 Å². The van der Waals surface area contributed by atoms with Crippen molar-refractivity contribution in [2.45, 2.75) is 25.2 Å². The van der Waals surface area contributed by atoms with Crippen molar-refractivity contribution in [1.29, 1.82) is 0 Å². The van der Waals surface area contributed by atoms with Crippen LogP contribution in [0.2, 0.25) is 0 Å². The van der Waals surface area contributed by atoms with Gasteiger partial charge in [0.25, 0.3) is 0 Å². The van der Waals surface area contributed by atoms with E-state index in [-0.39, 0.29) is 0 Å². The second kappa shape index (κ2) is 3.39. The Kier molecular flexibility index (Phi) is 2.06. The van der Waals surface area contributed by atoms with Crippen molar-refractivity contribution in [2.24, 2.45) is 5.92 Å². The fourth-order valence-corrected chi connectivity index (χ4v) is 3.09. The minimum atomic E-state index is 0.800. The first kappa shape index (κ1) is 8.49. The molecular weight excluding hydrogens is 170 g/mol. The average molecular weight is 187 g/mol.